The first-order chi connectivity index (χ1) is 18.7. The number of nitrogens with two attached hydrogens (primary N) is 1. The molecule has 7 heteroatoms. The van der Waals surface area contributed by atoms with Crippen molar-refractivity contribution >= 4 is 23.1 Å². The molecule has 1 saturated heterocycles. The minimum Gasteiger partial charge on any atom is -0.339 e. The summed E-state index contributed by atoms with van der Waals surface area (Å²) in [6.07, 6.45) is 8.97. The molecule has 206 valence electrons. The highest BCUT2D eigenvalue weighted by Crippen LogP contribution is 2.27. The maximum Gasteiger partial charge on any atom is 0.274 e. The van der Waals surface area contributed by atoms with Crippen LogP contribution < -0.4 is 16.4 Å². The fourth-order valence-electron chi connectivity index (χ4n) is 4.70. The zero-order chi connectivity index (χ0) is 27.9. The van der Waals surface area contributed by atoms with E-state index in [0.717, 1.165) is 72.8 Å². The number of rotatable bonds is 8. The standard InChI is InChI=1S/C32H42N6O/c1-6-22(4)18-35-31-28(23(5)21(2)3)17-29(37-31)25-9-11-27(12-10-25)36-32(39)30-16-24(13-14-34-30)19-38-15-7-8-26(33)20-38/h9-14,16-18,21,26H,6-8,15,19-20,33H2,1-5H3,(H,35,37)(H,36,39)/b22-18+,28-23+. The quantitative estimate of drug-likeness (QED) is 0.399. The number of carbonyl (C=O) groups excluding carboxylic acids is 1. The van der Waals surface area contributed by atoms with Gasteiger partial charge in [0, 0.05) is 48.5 Å². The first-order valence-electron chi connectivity index (χ1n) is 14.0. The molecule has 1 fully saturated rings. The molecule has 2 aliphatic rings. The van der Waals surface area contributed by atoms with E-state index in [2.05, 4.69) is 61.2 Å². The molecule has 2 aliphatic heterocycles. The first kappa shape index (κ1) is 28.5. The van der Waals surface area contributed by atoms with E-state index < -0.39 is 0 Å². The van der Waals surface area contributed by atoms with E-state index >= 15 is 0 Å². The first-order valence-corrected chi connectivity index (χ1v) is 14.0. The average molecular weight is 527 g/mol. The lowest BCUT2D eigenvalue weighted by Crippen LogP contribution is -2.42. The minimum absolute atomic E-state index is 0.219. The van der Waals surface area contributed by atoms with Gasteiger partial charge in [-0.1, -0.05) is 44.1 Å². The fraction of sp³-hybridized carbons (Fsp3) is 0.406. The molecule has 1 aromatic heterocycles. The molecule has 39 heavy (non-hydrogen) atoms. The molecule has 4 rings (SSSR count). The molecule has 1 atom stereocenters. The Morgan fingerprint density at radius 3 is 2.72 bits per heavy atom. The van der Waals surface area contributed by atoms with Gasteiger partial charge in [-0.05, 0) is 87.0 Å². The highest BCUT2D eigenvalue weighted by molar-refractivity contribution is 6.12. The van der Waals surface area contributed by atoms with Gasteiger partial charge in [0.2, 0.25) is 0 Å². The summed E-state index contributed by atoms with van der Waals surface area (Å²) in [6.45, 7) is 13.5. The summed E-state index contributed by atoms with van der Waals surface area (Å²) in [6, 6.07) is 11.9. The van der Waals surface area contributed by atoms with Crippen molar-refractivity contribution in [2.75, 3.05) is 18.4 Å². The Bertz CT molecular complexity index is 1300. The van der Waals surface area contributed by atoms with Crippen LogP contribution in [-0.4, -0.2) is 40.8 Å². The topological polar surface area (TPSA) is 95.6 Å². The summed E-state index contributed by atoms with van der Waals surface area (Å²) >= 11 is 0. The molecular weight excluding hydrogens is 484 g/mol. The van der Waals surface area contributed by atoms with Gasteiger partial charge in [-0.2, -0.15) is 0 Å². The Balaban J connectivity index is 1.45. The highest BCUT2D eigenvalue weighted by atomic mass is 16.1. The number of hydrogen-bond acceptors (Lipinski definition) is 5. The lowest BCUT2D eigenvalue weighted by Gasteiger charge is -2.30. The number of amidine groups is 1. The zero-order valence-electron chi connectivity index (χ0n) is 23.9. The fourth-order valence-corrected chi connectivity index (χ4v) is 4.70. The number of benzene rings is 1. The molecule has 4 N–H and O–H groups in total. The summed E-state index contributed by atoms with van der Waals surface area (Å²) in [4.78, 5) is 24.4. The number of hydrogen-bond donors (Lipinski definition) is 3. The molecule has 0 spiro atoms. The van der Waals surface area contributed by atoms with Gasteiger partial charge in [0.05, 0.1) is 0 Å². The number of pyridine rings is 1. The van der Waals surface area contributed by atoms with Crippen LogP contribution in [0.4, 0.5) is 5.69 Å². The average Bonchev–Trinajstić information content (AvgIpc) is 3.36. The number of nitrogens with zero attached hydrogens (tertiary/aromatic N) is 3. The number of allylic oxidation sites excluding steroid dienone is 2. The third kappa shape index (κ3) is 7.52. The van der Waals surface area contributed by atoms with Crippen LogP contribution in [0, 0.1) is 5.92 Å². The van der Waals surface area contributed by atoms with Crippen molar-refractivity contribution in [1.82, 2.24) is 15.2 Å². The van der Waals surface area contributed by atoms with Crippen LogP contribution in [0.2, 0.25) is 0 Å². The van der Waals surface area contributed by atoms with Gasteiger partial charge in [-0.15, -0.1) is 0 Å². The predicted molar refractivity (Wildman–Crippen MR) is 161 cm³/mol. The lowest BCUT2D eigenvalue weighted by atomic mass is 9.98. The number of likely N-dealkylation sites (tertiary alicyclic amines) is 1. The van der Waals surface area contributed by atoms with Gasteiger partial charge in [0.15, 0.2) is 0 Å². The Kier molecular flexibility index (Phi) is 9.49. The van der Waals surface area contributed by atoms with Crippen LogP contribution in [-0.2, 0) is 6.54 Å². The molecule has 0 bridgehead atoms. The van der Waals surface area contributed by atoms with Gasteiger partial charge >= 0.3 is 0 Å². The Morgan fingerprint density at radius 2 is 2.03 bits per heavy atom. The molecule has 1 unspecified atom stereocenters. The van der Waals surface area contributed by atoms with Gasteiger partial charge in [-0.3, -0.25) is 14.7 Å². The number of aromatic nitrogens is 1. The van der Waals surface area contributed by atoms with Gasteiger partial charge in [0.25, 0.3) is 5.91 Å². The molecule has 7 nitrogen and oxygen atoms in total. The number of piperidine rings is 1. The van der Waals surface area contributed by atoms with Crippen molar-refractivity contribution in [3.05, 3.63) is 88.4 Å². The second kappa shape index (κ2) is 13.0. The summed E-state index contributed by atoms with van der Waals surface area (Å²) < 4.78 is 0. The summed E-state index contributed by atoms with van der Waals surface area (Å²) in [5.41, 5.74) is 14.0. The maximum absolute atomic E-state index is 13.0. The number of carbonyl (C=O) groups is 1. The van der Waals surface area contributed by atoms with E-state index in [4.69, 9.17) is 10.7 Å². The van der Waals surface area contributed by atoms with Crippen LogP contribution in [0.25, 0.3) is 5.70 Å². The van der Waals surface area contributed by atoms with E-state index in [1.165, 1.54) is 11.1 Å². The number of anilines is 1. The minimum atomic E-state index is -0.219. The molecule has 0 saturated carbocycles. The van der Waals surface area contributed by atoms with E-state index in [1.54, 1.807) is 6.20 Å². The molecule has 2 aromatic rings. The van der Waals surface area contributed by atoms with Crippen molar-refractivity contribution in [1.29, 1.82) is 0 Å². The third-order valence-corrected chi connectivity index (χ3v) is 7.52. The van der Waals surface area contributed by atoms with Gasteiger partial charge < -0.3 is 16.4 Å². The van der Waals surface area contributed by atoms with Crippen molar-refractivity contribution in [2.45, 2.75) is 66.5 Å². The summed E-state index contributed by atoms with van der Waals surface area (Å²) in [7, 11) is 0. The third-order valence-electron chi connectivity index (χ3n) is 7.52. The van der Waals surface area contributed by atoms with Crippen LogP contribution in [0.5, 0.6) is 0 Å². The van der Waals surface area contributed by atoms with Crippen LogP contribution in [0.1, 0.15) is 75.5 Å². The Hall–Kier alpha value is -3.55. The molecular formula is C32H42N6O. The normalized spacial score (nSPS) is 20.7. The predicted octanol–water partition coefficient (Wildman–Crippen LogP) is 5.89. The van der Waals surface area contributed by atoms with E-state index in [9.17, 15) is 4.79 Å². The van der Waals surface area contributed by atoms with Crippen molar-refractivity contribution in [3.8, 4) is 0 Å². The maximum atomic E-state index is 13.0. The van der Waals surface area contributed by atoms with Gasteiger partial charge in [-0.25, -0.2) is 4.99 Å². The summed E-state index contributed by atoms with van der Waals surface area (Å²) in [5, 5.41) is 6.49. The number of nitrogens with one attached hydrogen (secondary N) is 2. The molecule has 1 amide bonds. The van der Waals surface area contributed by atoms with Crippen molar-refractivity contribution < 1.29 is 4.79 Å². The molecule has 0 radical (unpaired) electrons. The molecule has 0 aliphatic carbocycles. The Morgan fingerprint density at radius 1 is 1.26 bits per heavy atom. The van der Waals surface area contributed by atoms with Crippen LogP contribution in [0.15, 0.2) is 76.6 Å². The molecule has 1 aromatic carbocycles. The lowest BCUT2D eigenvalue weighted by molar-refractivity contribution is 0.102. The van der Waals surface area contributed by atoms with E-state index in [1.807, 2.05) is 42.6 Å². The van der Waals surface area contributed by atoms with E-state index in [0.29, 0.717) is 11.6 Å². The van der Waals surface area contributed by atoms with Crippen LogP contribution >= 0.6 is 0 Å². The van der Waals surface area contributed by atoms with Crippen LogP contribution in [0.3, 0.4) is 0 Å². The number of amides is 1. The van der Waals surface area contributed by atoms with E-state index in [-0.39, 0.29) is 11.9 Å². The summed E-state index contributed by atoms with van der Waals surface area (Å²) in [5.74, 6) is 1.07. The van der Waals surface area contributed by atoms with Gasteiger partial charge in [0.1, 0.15) is 11.5 Å². The largest absolute Gasteiger partial charge is 0.339 e. The van der Waals surface area contributed by atoms with Crippen molar-refractivity contribution in [3.63, 3.8) is 0 Å². The second-order valence-electron chi connectivity index (χ2n) is 11.0. The Labute approximate surface area is 233 Å². The number of aliphatic imine (C=N–C) groups is 1. The van der Waals surface area contributed by atoms with Crippen molar-refractivity contribution in [2.24, 2.45) is 16.6 Å². The zero-order valence-corrected chi connectivity index (χ0v) is 23.9. The smallest absolute Gasteiger partial charge is 0.274 e. The highest BCUT2D eigenvalue weighted by Gasteiger charge is 2.21. The second-order valence-corrected chi connectivity index (χ2v) is 11.0. The monoisotopic (exact) mass is 526 g/mol. The molecule has 3 heterocycles. The SMILES string of the molecule is CC/C(C)=C/N=C1\NC(c2ccc(NC(=O)c3cc(CN4CCCC(N)C4)ccn3)cc2)=C\C1=C(\C)C(C)C.